The van der Waals surface area contributed by atoms with E-state index < -0.39 is 0 Å². The molecule has 3 rings (SSSR count). The van der Waals surface area contributed by atoms with E-state index in [-0.39, 0.29) is 18.7 Å². The number of hydrogen-bond donors (Lipinski definition) is 1. The summed E-state index contributed by atoms with van der Waals surface area (Å²) in [5.41, 5.74) is 2.01. The highest BCUT2D eigenvalue weighted by atomic mass is 16.7. The molecule has 5 nitrogen and oxygen atoms in total. The zero-order valence-electron chi connectivity index (χ0n) is 13.7. The van der Waals surface area contributed by atoms with Gasteiger partial charge >= 0.3 is 5.97 Å². The van der Waals surface area contributed by atoms with Crippen molar-refractivity contribution in [2.24, 2.45) is 5.92 Å². The Morgan fingerprint density at radius 2 is 2.00 bits per heavy atom. The van der Waals surface area contributed by atoms with Gasteiger partial charge in [-0.2, -0.15) is 0 Å². The number of hydrogen-bond acceptors (Lipinski definition) is 5. The van der Waals surface area contributed by atoms with Crippen molar-refractivity contribution in [3.05, 3.63) is 59.7 Å². The lowest BCUT2D eigenvalue weighted by atomic mass is 10.1. The van der Waals surface area contributed by atoms with Crippen molar-refractivity contribution in [2.45, 2.75) is 20.1 Å². The van der Waals surface area contributed by atoms with Gasteiger partial charge in [-0.3, -0.25) is 4.79 Å². The van der Waals surface area contributed by atoms with Crippen LogP contribution in [0.2, 0.25) is 0 Å². The number of carbonyl (C=O) groups is 1. The van der Waals surface area contributed by atoms with Crippen molar-refractivity contribution in [1.82, 2.24) is 5.32 Å². The average molecular weight is 327 g/mol. The van der Waals surface area contributed by atoms with Gasteiger partial charge in [-0.05, 0) is 11.6 Å². The predicted octanol–water partition coefficient (Wildman–Crippen LogP) is 2.88. The number of fused-ring (bicyclic) bond motifs is 1. The Morgan fingerprint density at radius 1 is 1.17 bits per heavy atom. The summed E-state index contributed by atoms with van der Waals surface area (Å²) in [7, 11) is 0. The molecule has 0 saturated heterocycles. The molecule has 0 spiro atoms. The quantitative estimate of drug-likeness (QED) is 0.793. The first-order valence-corrected chi connectivity index (χ1v) is 8.03. The number of carbonyl (C=O) groups excluding carboxylic acids is 1. The Morgan fingerprint density at radius 3 is 2.83 bits per heavy atom. The summed E-state index contributed by atoms with van der Waals surface area (Å²) in [4.78, 5) is 12.0. The summed E-state index contributed by atoms with van der Waals surface area (Å²) in [6.45, 7) is 3.58. The Bertz CT molecular complexity index is 687. The molecule has 2 aromatic rings. The molecular formula is C19H21NO4. The van der Waals surface area contributed by atoms with E-state index in [1.54, 1.807) is 0 Å². The van der Waals surface area contributed by atoms with Crippen molar-refractivity contribution in [2.75, 3.05) is 13.3 Å². The Hall–Kier alpha value is -2.53. The monoisotopic (exact) mass is 327 g/mol. The van der Waals surface area contributed by atoms with Crippen LogP contribution in [0, 0.1) is 5.92 Å². The van der Waals surface area contributed by atoms with Crippen molar-refractivity contribution in [3.8, 4) is 11.5 Å². The molecule has 1 aliphatic heterocycles. The second-order valence-electron chi connectivity index (χ2n) is 5.78. The van der Waals surface area contributed by atoms with Crippen LogP contribution in [0.5, 0.6) is 11.5 Å². The average Bonchev–Trinajstić information content (AvgIpc) is 3.10. The maximum atomic E-state index is 12.0. The molecule has 1 N–H and O–H groups in total. The van der Waals surface area contributed by atoms with Gasteiger partial charge in [0, 0.05) is 18.7 Å². The molecule has 1 heterocycles. The molecule has 0 radical (unpaired) electrons. The van der Waals surface area contributed by atoms with Gasteiger partial charge in [-0.25, -0.2) is 0 Å². The van der Waals surface area contributed by atoms with Gasteiger partial charge in [0.1, 0.15) is 6.61 Å². The van der Waals surface area contributed by atoms with Crippen LogP contribution in [0.25, 0.3) is 0 Å². The van der Waals surface area contributed by atoms with Crippen LogP contribution in [0.3, 0.4) is 0 Å². The zero-order chi connectivity index (χ0) is 16.8. The lowest BCUT2D eigenvalue weighted by Crippen LogP contribution is -2.27. The Kier molecular flexibility index (Phi) is 5.33. The molecule has 1 aliphatic rings. The van der Waals surface area contributed by atoms with E-state index in [1.165, 1.54) is 0 Å². The van der Waals surface area contributed by atoms with Crippen LogP contribution >= 0.6 is 0 Å². The first-order chi connectivity index (χ1) is 11.7. The number of para-hydroxylation sites is 1. The molecule has 0 amide bonds. The largest absolute Gasteiger partial charge is 0.461 e. The fraction of sp³-hybridized carbons (Fsp3) is 0.316. The molecule has 1 unspecified atom stereocenters. The van der Waals surface area contributed by atoms with Gasteiger partial charge in [-0.15, -0.1) is 0 Å². The van der Waals surface area contributed by atoms with Crippen molar-refractivity contribution < 1.29 is 19.0 Å². The standard InChI is InChI=1S/C19H21NO4/c1-14(19(21)22-12-15-6-3-2-4-7-15)10-20-11-16-8-5-9-17-18(16)24-13-23-17/h2-9,14,20H,10-13H2,1H3. The molecule has 2 aromatic carbocycles. The highest BCUT2D eigenvalue weighted by Gasteiger charge is 2.18. The van der Waals surface area contributed by atoms with E-state index in [0.717, 1.165) is 22.6 Å². The number of ether oxygens (including phenoxy) is 3. The second-order valence-corrected chi connectivity index (χ2v) is 5.78. The first kappa shape index (κ1) is 16.3. The summed E-state index contributed by atoms with van der Waals surface area (Å²) in [6.07, 6.45) is 0. The van der Waals surface area contributed by atoms with Crippen molar-refractivity contribution in [3.63, 3.8) is 0 Å². The minimum absolute atomic E-state index is 0.204. The number of esters is 1. The molecule has 0 fully saturated rings. The minimum atomic E-state index is -0.220. The molecular weight excluding hydrogens is 306 g/mol. The maximum Gasteiger partial charge on any atom is 0.310 e. The summed E-state index contributed by atoms with van der Waals surface area (Å²) < 4.78 is 16.2. The molecule has 0 aliphatic carbocycles. The third kappa shape index (κ3) is 4.06. The van der Waals surface area contributed by atoms with Crippen LogP contribution in [-0.4, -0.2) is 19.3 Å². The fourth-order valence-corrected chi connectivity index (χ4v) is 2.51. The number of nitrogens with one attached hydrogen (secondary N) is 1. The molecule has 0 bridgehead atoms. The summed E-state index contributed by atoms with van der Waals surface area (Å²) >= 11 is 0. The molecule has 0 saturated carbocycles. The molecule has 1 atom stereocenters. The van der Waals surface area contributed by atoms with Gasteiger partial charge in [0.05, 0.1) is 5.92 Å². The SMILES string of the molecule is CC(CNCc1cccc2c1OCO2)C(=O)OCc1ccccc1. The lowest BCUT2D eigenvalue weighted by molar-refractivity contribution is -0.149. The minimum Gasteiger partial charge on any atom is -0.461 e. The third-order valence-electron chi connectivity index (χ3n) is 3.87. The van der Waals surface area contributed by atoms with Gasteiger partial charge in [0.2, 0.25) is 6.79 Å². The Balaban J connectivity index is 1.43. The third-order valence-corrected chi connectivity index (χ3v) is 3.87. The van der Waals surface area contributed by atoms with Crippen LogP contribution < -0.4 is 14.8 Å². The van der Waals surface area contributed by atoms with E-state index in [0.29, 0.717) is 19.7 Å². The van der Waals surface area contributed by atoms with Crippen molar-refractivity contribution in [1.29, 1.82) is 0 Å². The summed E-state index contributed by atoms with van der Waals surface area (Å²) in [6, 6.07) is 15.5. The van der Waals surface area contributed by atoms with Crippen LogP contribution in [0.1, 0.15) is 18.1 Å². The van der Waals surface area contributed by atoms with E-state index in [1.807, 2.05) is 55.5 Å². The Labute approximate surface area is 141 Å². The van der Waals surface area contributed by atoms with E-state index in [2.05, 4.69) is 5.32 Å². The van der Waals surface area contributed by atoms with Gasteiger partial charge < -0.3 is 19.5 Å². The fourth-order valence-electron chi connectivity index (χ4n) is 2.51. The second kappa shape index (κ2) is 7.84. The topological polar surface area (TPSA) is 56.8 Å². The molecule has 24 heavy (non-hydrogen) atoms. The highest BCUT2D eigenvalue weighted by molar-refractivity contribution is 5.72. The number of rotatable bonds is 7. The van der Waals surface area contributed by atoms with E-state index in [4.69, 9.17) is 14.2 Å². The van der Waals surface area contributed by atoms with E-state index >= 15 is 0 Å². The van der Waals surface area contributed by atoms with Gasteiger partial charge in [0.15, 0.2) is 11.5 Å². The normalized spacial score (nSPS) is 13.5. The molecule has 126 valence electrons. The predicted molar refractivity (Wildman–Crippen MR) is 89.7 cm³/mol. The molecule has 5 heteroatoms. The zero-order valence-corrected chi connectivity index (χ0v) is 13.7. The van der Waals surface area contributed by atoms with Crippen LogP contribution in [-0.2, 0) is 22.7 Å². The van der Waals surface area contributed by atoms with E-state index in [9.17, 15) is 4.79 Å². The van der Waals surface area contributed by atoms with Gasteiger partial charge in [0.25, 0.3) is 0 Å². The lowest BCUT2D eigenvalue weighted by Gasteiger charge is -2.13. The maximum absolute atomic E-state index is 12.0. The molecule has 0 aromatic heterocycles. The first-order valence-electron chi connectivity index (χ1n) is 8.03. The van der Waals surface area contributed by atoms with Crippen LogP contribution in [0.15, 0.2) is 48.5 Å². The summed E-state index contributed by atoms with van der Waals surface area (Å²) in [5, 5.41) is 3.27. The summed E-state index contributed by atoms with van der Waals surface area (Å²) in [5.74, 6) is 1.13. The van der Waals surface area contributed by atoms with Gasteiger partial charge in [-0.1, -0.05) is 49.4 Å². The van der Waals surface area contributed by atoms with Crippen LogP contribution in [0.4, 0.5) is 0 Å². The number of benzene rings is 2. The highest BCUT2D eigenvalue weighted by Crippen LogP contribution is 2.35. The van der Waals surface area contributed by atoms with Crippen molar-refractivity contribution >= 4 is 5.97 Å². The smallest absolute Gasteiger partial charge is 0.310 e.